The minimum atomic E-state index is 0.104. The summed E-state index contributed by atoms with van der Waals surface area (Å²) < 4.78 is 5.23. The molecule has 5 heteroatoms. The molecule has 0 aliphatic carbocycles. The predicted molar refractivity (Wildman–Crippen MR) is 80.4 cm³/mol. The van der Waals surface area contributed by atoms with Crippen LogP contribution < -0.4 is 0 Å². The lowest BCUT2D eigenvalue weighted by Crippen LogP contribution is -1.91. The van der Waals surface area contributed by atoms with Gasteiger partial charge in [0.1, 0.15) is 5.75 Å². The summed E-state index contributed by atoms with van der Waals surface area (Å²) >= 11 is 6.08. The minimum Gasteiger partial charge on any atom is -0.508 e. The minimum absolute atomic E-state index is 0.104. The van der Waals surface area contributed by atoms with E-state index in [4.69, 9.17) is 16.1 Å². The third-order valence-corrected chi connectivity index (χ3v) is 3.46. The molecule has 2 aromatic carbocycles. The second kappa shape index (κ2) is 5.58. The summed E-state index contributed by atoms with van der Waals surface area (Å²) in [5.41, 5.74) is 2.84. The average molecular weight is 301 g/mol. The monoisotopic (exact) mass is 300 g/mol. The Kier molecular flexibility index (Phi) is 3.62. The third kappa shape index (κ3) is 3.06. The van der Waals surface area contributed by atoms with Crippen LogP contribution in [0.2, 0.25) is 5.02 Å². The first kappa shape index (κ1) is 13.6. The van der Waals surface area contributed by atoms with Gasteiger partial charge in [-0.1, -0.05) is 46.6 Å². The van der Waals surface area contributed by atoms with E-state index >= 15 is 0 Å². The first-order chi connectivity index (χ1) is 10.1. The van der Waals surface area contributed by atoms with Crippen LogP contribution in [0, 0.1) is 6.92 Å². The van der Waals surface area contributed by atoms with Crippen LogP contribution >= 0.6 is 11.6 Å². The highest BCUT2D eigenvalue weighted by Crippen LogP contribution is 2.30. The normalized spacial score (nSPS) is 10.8. The number of phenols is 1. The molecule has 0 radical (unpaired) electrons. The number of halogens is 1. The van der Waals surface area contributed by atoms with Crippen molar-refractivity contribution in [3.63, 3.8) is 0 Å². The highest BCUT2D eigenvalue weighted by molar-refractivity contribution is 6.33. The van der Waals surface area contributed by atoms with Crippen LogP contribution in [-0.4, -0.2) is 15.2 Å². The Labute approximate surface area is 127 Å². The molecule has 21 heavy (non-hydrogen) atoms. The molecule has 3 rings (SSSR count). The first-order valence-corrected chi connectivity index (χ1v) is 6.86. The van der Waals surface area contributed by atoms with Crippen LogP contribution in [0.25, 0.3) is 11.5 Å². The van der Waals surface area contributed by atoms with E-state index in [1.807, 2.05) is 31.2 Å². The highest BCUT2D eigenvalue weighted by atomic mass is 35.5. The van der Waals surface area contributed by atoms with Gasteiger partial charge in [0.2, 0.25) is 0 Å². The molecule has 0 saturated carbocycles. The van der Waals surface area contributed by atoms with Crippen molar-refractivity contribution in [2.45, 2.75) is 13.3 Å². The summed E-state index contributed by atoms with van der Waals surface area (Å²) in [5.74, 6) is 0.985. The third-order valence-electron chi connectivity index (χ3n) is 3.13. The van der Waals surface area contributed by atoms with Gasteiger partial charge in [0.05, 0.1) is 10.6 Å². The number of phenolic OH excluding ortho intramolecular Hbond substituents is 1. The second-order valence-corrected chi connectivity index (χ2v) is 5.25. The summed E-state index contributed by atoms with van der Waals surface area (Å²) in [7, 11) is 0. The van der Waals surface area contributed by atoms with Crippen molar-refractivity contribution in [2.75, 3.05) is 0 Å². The molecule has 0 fully saturated rings. The smallest absolute Gasteiger partial charge is 0.259 e. The van der Waals surface area contributed by atoms with Crippen LogP contribution in [0.1, 0.15) is 17.0 Å². The number of aryl methyl sites for hydroxylation is 1. The maximum atomic E-state index is 9.52. The lowest BCUT2D eigenvalue weighted by atomic mass is 10.1. The van der Waals surface area contributed by atoms with E-state index in [1.54, 1.807) is 6.07 Å². The highest BCUT2D eigenvalue weighted by Gasteiger charge is 2.13. The zero-order valence-corrected chi connectivity index (χ0v) is 12.1. The van der Waals surface area contributed by atoms with E-state index in [-0.39, 0.29) is 5.75 Å². The molecule has 1 heterocycles. The fourth-order valence-electron chi connectivity index (χ4n) is 2.00. The van der Waals surface area contributed by atoms with Gasteiger partial charge in [-0.25, -0.2) is 0 Å². The van der Waals surface area contributed by atoms with Gasteiger partial charge in [0, 0.05) is 6.42 Å². The standard InChI is InChI=1S/C16H13ClN2O2/c1-10-2-4-11(5-3-10)8-15-18-16(21-19-15)13-9-12(20)6-7-14(13)17/h2-7,9,20H,8H2,1H3. The van der Waals surface area contributed by atoms with E-state index in [2.05, 4.69) is 10.1 Å². The molecule has 4 nitrogen and oxygen atoms in total. The zero-order chi connectivity index (χ0) is 14.8. The molecule has 3 aromatic rings. The predicted octanol–water partition coefficient (Wildman–Crippen LogP) is 3.99. The molecule has 0 atom stereocenters. The largest absolute Gasteiger partial charge is 0.508 e. The van der Waals surface area contributed by atoms with Crippen molar-refractivity contribution in [1.29, 1.82) is 0 Å². The average Bonchev–Trinajstić information content (AvgIpc) is 2.92. The van der Waals surface area contributed by atoms with Crippen LogP contribution in [0.5, 0.6) is 5.75 Å². The van der Waals surface area contributed by atoms with Crippen molar-refractivity contribution in [1.82, 2.24) is 10.1 Å². The Hall–Kier alpha value is -2.33. The maximum Gasteiger partial charge on any atom is 0.259 e. The molecule has 1 aromatic heterocycles. The molecule has 0 saturated heterocycles. The van der Waals surface area contributed by atoms with Gasteiger partial charge in [-0.2, -0.15) is 4.98 Å². The topological polar surface area (TPSA) is 59.2 Å². The maximum absolute atomic E-state index is 9.52. The molecule has 0 bridgehead atoms. The summed E-state index contributed by atoms with van der Waals surface area (Å²) in [6.45, 7) is 2.04. The fourth-order valence-corrected chi connectivity index (χ4v) is 2.20. The lowest BCUT2D eigenvalue weighted by Gasteiger charge is -1.99. The van der Waals surface area contributed by atoms with Crippen LogP contribution in [0.4, 0.5) is 0 Å². The zero-order valence-electron chi connectivity index (χ0n) is 11.4. The van der Waals surface area contributed by atoms with Crippen molar-refractivity contribution in [3.8, 4) is 17.2 Å². The number of hydrogen-bond acceptors (Lipinski definition) is 4. The number of nitrogens with zero attached hydrogens (tertiary/aromatic N) is 2. The van der Waals surface area contributed by atoms with E-state index in [0.717, 1.165) is 5.56 Å². The molecule has 0 spiro atoms. The first-order valence-electron chi connectivity index (χ1n) is 6.49. The quantitative estimate of drug-likeness (QED) is 0.794. The molecule has 0 aliphatic heterocycles. The Morgan fingerprint density at radius 2 is 1.90 bits per heavy atom. The van der Waals surface area contributed by atoms with Crippen molar-refractivity contribution >= 4 is 11.6 Å². The molecule has 1 N–H and O–H groups in total. The van der Waals surface area contributed by atoms with E-state index in [9.17, 15) is 5.11 Å². The number of aromatic nitrogens is 2. The fraction of sp³-hybridized carbons (Fsp3) is 0.125. The molecule has 0 aliphatic rings. The summed E-state index contributed by atoms with van der Waals surface area (Å²) in [6.07, 6.45) is 0.584. The SMILES string of the molecule is Cc1ccc(Cc2noc(-c3cc(O)ccc3Cl)n2)cc1. The summed E-state index contributed by atoms with van der Waals surface area (Å²) in [6, 6.07) is 12.8. The van der Waals surface area contributed by atoms with E-state index in [1.165, 1.54) is 17.7 Å². The van der Waals surface area contributed by atoms with E-state index in [0.29, 0.717) is 28.7 Å². The van der Waals surface area contributed by atoms with Gasteiger partial charge in [-0.05, 0) is 30.7 Å². The molecule has 0 unspecified atom stereocenters. The van der Waals surface area contributed by atoms with Crippen LogP contribution in [-0.2, 0) is 6.42 Å². The van der Waals surface area contributed by atoms with Gasteiger partial charge < -0.3 is 9.63 Å². The number of benzene rings is 2. The molecule has 0 amide bonds. The van der Waals surface area contributed by atoms with Crippen molar-refractivity contribution in [2.24, 2.45) is 0 Å². The van der Waals surface area contributed by atoms with Gasteiger partial charge in [-0.15, -0.1) is 0 Å². The van der Waals surface area contributed by atoms with Gasteiger partial charge >= 0.3 is 0 Å². The summed E-state index contributed by atoms with van der Waals surface area (Å²) in [5, 5.41) is 13.9. The molecular formula is C16H13ClN2O2. The van der Waals surface area contributed by atoms with Crippen molar-refractivity contribution in [3.05, 3.63) is 64.4 Å². The van der Waals surface area contributed by atoms with Crippen LogP contribution in [0.3, 0.4) is 0 Å². The van der Waals surface area contributed by atoms with Crippen molar-refractivity contribution < 1.29 is 9.63 Å². The summed E-state index contributed by atoms with van der Waals surface area (Å²) in [4.78, 5) is 4.33. The Balaban J connectivity index is 1.86. The number of rotatable bonds is 3. The Morgan fingerprint density at radius 3 is 2.67 bits per heavy atom. The number of hydrogen-bond donors (Lipinski definition) is 1. The van der Waals surface area contributed by atoms with Gasteiger partial charge in [0.15, 0.2) is 5.82 Å². The number of aromatic hydroxyl groups is 1. The Morgan fingerprint density at radius 1 is 1.14 bits per heavy atom. The van der Waals surface area contributed by atoms with Gasteiger partial charge in [-0.3, -0.25) is 0 Å². The second-order valence-electron chi connectivity index (χ2n) is 4.84. The lowest BCUT2D eigenvalue weighted by molar-refractivity contribution is 0.423. The van der Waals surface area contributed by atoms with Gasteiger partial charge in [0.25, 0.3) is 5.89 Å². The van der Waals surface area contributed by atoms with E-state index < -0.39 is 0 Å². The van der Waals surface area contributed by atoms with Crippen LogP contribution in [0.15, 0.2) is 47.0 Å². The molecular weight excluding hydrogens is 288 g/mol. The Bertz CT molecular complexity index is 766. The molecule has 106 valence electrons.